The highest BCUT2D eigenvalue weighted by atomic mass is 19.4. The summed E-state index contributed by atoms with van der Waals surface area (Å²) in [4.78, 5) is 18.0. The summed E-state index contributed by atoms with van der Waals surface area (Å²) in [7, 11) is 0. The van der Waals surface area contributed by atoms with E-state index in [1.165, 1.54) is 6.07 Å². The zero-order chi connectivity index (χ0) is 19.4. The quantitative estimate of drug-likeness (QED) is 0.808. The maximum Gasteiger partial charge on any atom is 0.416 e. The molecular formula is C20H21F3N2O2. The van der Waals surface area contributed by atoms with Crippen molar-refractivity contribution in [3.8, 4) is 0 Å². The highest BCUT2D eigenvalue weighted by molar-refractivity contribution is 5.75. The second kappa shape index (κ2) is 8.08. The lowest BCUT2D eigenvalue weighted by molar-refractivity contribution is -0.139. The Bertz CT molecular complexity index is 791. The van der Waals surface area contributed by atoms with E-state index in [2.05, 4.69) is 4.98 Å². The second-order valence-corrected chi connectivity index (χ2v) is 6.52. The highest BCUT2D eigenvalue weighted by Crippen LogP contribution is 2.30. The van der Waals surface area contributed by atoms with Crippen molar-refractivity contribution < 1.29 is 22.7 Å². The molecule has 1 atom stereocenters. The molecule has 0 saturated carbocycles. The molecule has 1 aliphatic heterocycles. The monoisotopic (exact) mass is 378 g/mol. The zero-order valence-electron chi connectivity index (χ0n) is 15.0. The Labute approximate surface area is 156 Å². The summed E-state index contributed by atoms with van der Waals surface area (Å²) in [5.41, 5.74) is 1.46. The minimum Gasteiger partial charge on any atom is -0.368 e. The summed E-state index contributed by atoms with van der Waals surface area (Å²) in [5, 5.41) is 0. The predicted molar refractivity (Wildman–Crippen MR) is 94.1 cm³/mol. The van der Waals surface area contributed by atoms with Crippen LogP contribution in [0.3, 0.4) is 0 Å². The summed E-state index contributed by atoms with van der Waals surface area (Å²) < 4.78 is 44.2. The number of halogens is 3. The van der Waals surface area contributed by atoms with E-state index in [0.29, 0.717) is 38.1 Å². The van der Waals surface area contributed by atoms with Gasteiger partial charge in [0.15, 0.2) is 0 Å². The number of benzene rings is 1. The van der Waals surface area contributed by atoms with Gasteiger partial charge in [0.1, 0.15) is 6.10 Å². The minimum atomic E-state index is -4.35. The molecule has 1 unspecified atom stereocenters. The summed E-state index contributed by atoms with van der Waals surface area (Å²) >= 11 is 0. The molecule has 0 spiro atoms. The maximum absolute atomic E-state index is 12.8. The van der Waals surface area contributed by atoms with Gasteiger partial charge in [0.25, 0.3) is 0 Å². The van der Waals surface area contributed by atoms with E-state index in [1.807, 2.05) is 19.1 Å². The zero-order valence-corrected chi connectivity index (χ0v) is 15.0. The smallest absolute Gasteiger partial charge is 0.368 e. The number of carbonyl (C=O) groups excluding carboxylic acids is 1. The molecule has 2 aromatic rings. The van der Waals surface area contributed by atoms with Crippen LogP contribution < -0.4 is 0 Å². The minimum absolute atomic E-state index is 0.0875. The first-order chi connectivity index (χ1) is 12.9. The Morgan fingerprint density at radius 3 is 2.74 bits per heavy atom. The van der Waals surface area contributed by atoms with Gasteiger partial charge in [-0.2, -0.15) is 13.2 Å². The predicted octanol–water partition coefficient (Wildman–Crippen LogP) is 4.00. The van der Waals surface area contributed by atoms with Gasteiger partial charge in [0.05, 0.1) is 24.4 Å². The number of rotatable bonds is 4. The number of hydrogen-bond donors (Lipinski definition) is 0. The molecular weight excluding hydrogens is 357 g/mol. The topological polar surface area (TPSA) is 42.4 Å². The third-order valence-electron chi connectivity index (χ3n) is 4.56. The van der Waals surface area contributed by atoms with Crippen molar-refractivity contribution in [3.05, 3.63) is 65.0 Å². The third-order valence-corrected chi connectivity index (χ3v) is 4.56. The van der Waals surface area contributed by atoms with Crippen molar-refractivity contribution in [2.75, 3.05) is 19.7 Å². The Morgan fingerprint density at radius 2 is 2.07 bits per heavy atom. The Hall–Kier alpha value is -2.41. The van der Waals surface area contributed by atoms with Gasteiger partial charge in [-0.1, -0.05) is 31.2 Å². The molecule has 27 heavy (non-hydrogen) atoms. The lowest BCUT2D eigenvalue weighted by Gasteiger charge is -2.32. The molecule has 1 saturated heterocycles. The molecule has 0 aliphatic carbocycles. The van der Waals surface area contributed by atoms with Crippen molar-refractivity contribution >= 4 is 5.91 Å². The van der Waals surface area contributed by atoms with E-state index in [4.69, 9.17) is 4.74 Å². The van der Waals surface area contributed by atoms with E-state index in [-0.39, 0.29) is 12.0 Å². The van der Waals surface area contributed by atoms with Gasteiger partial charge in [-0.15, -0.1) is 0 Å². The Balaban J connectivity index is 1.68. The SMILES string of the molecule is CCC(=O)N1CCOC(c2ccc(Cc3cccc(C(F)(F)F)c3)cn2)C1. The van der Waals surface area contributed by atoms with Crippen molar-refractivity contribution in [1.82, 2.24) is 9.88 Å². The van der Waals surface area contributed by atoms with Crippen LogP contribution in [-0.4, -0.2) is 35.5 Å². The molecule has 4 nitrogen and oxygen atoms in total. The highest BCUT2D eigenvalue weighted by Gasteiger charge is 2.30. The molecule has 1 aromatic heterocycles. The molecule has 2 heterocycles. The van der Waals surface area contributed by atoms with Crippen LogP contribution in [0.15, 0.2) is 42.6 Å². The van der Waals surface area contributed by atoms with Gasteiger partial charge in [0, 0.05) is 19.2 Å². The van der Waals surface area contributed by atoms with Crippen LogP contribution >= 0.6 is 0 Å². The first kappa shape index (κ1) is 19.4. The summed E-state index contributed by atoms with van der Waals surface area (Å²) in [6, 6.07) is 8.96. The summed E-state index contributed by atoms with van der Waals surface area (Å²) in [6.07, 6.45) is -2.16. The molecule has 1 fully saturated rings. The molecule has 3 rings (SSSR count). The molecule has 1 aromatic carbocycles. The van der Waals surface area contributed by atoms with E-state index >= 15 is 0 Å². The van der Waals surface area contributed by atoms with Crippen molar-refractivity contribution in [1.29, 1.82) is 0 Å². The van der Waals surface area contributed by atoms with Crippen LogP contribution in [0, 0.1) is 0 Å². The van der Waals surface area contributed by atoms with Crippen LogP contribution in [0.5, 0.6) is 0 Å². The number of morpholine rings is 1. The number of amides is 1. The molecule has 1 aliphatic rings. The van der Waals surface area contributed by atoms with E-state index in [9.17, 15) is 18.0 Å². The summed E-state index contributed by atoms with van der Waals surface area (Å²) in [6.45, 7) is 3.33. The molecule has 7 heteroatoms. The van der Waals surface area contributed by atoms with Crippen LogP contribution in [0.4, 0.5) is 13.2 Å². The Kier molecular flexibility index (Phi) is 5.79. The standard InChI is InChI=1S/C20H21F3N2O2/c1-2-19(26)25-8-9-27-18(13-25)17-7-6-15(12-24-17)10-14-4-3-5-16(11-14)20(21,22)23/h3-7,11-12,18H,2,8-10,13H2,1H3. The fraction of sp³-hybridized carbons (Fsp3) is 0.400. The molecule has 1 amide bonds. The Morgan fingerprint density at radius 1 is 1.26 bits per heavy atom. The normalized spacial score (nSPS) is 17.8. The lowest BCUT2D eigenvalue weighted by atomic mass is 10.0. The average Bonchev–Trinajstić information content (AvgIpc) is 2.67. The molecule has 0 bridgehead atoms. The van der Waals surface area contributed by atoms with Crippen LogP contribution in [0.25, 0.3) is 0 Å². The van der Waals surface area contributed by atoms with E-state index in [1.54, 1.807) is 17.2 Å². The fourth-order valence-electron chi connectivity index (χ4n) is 3.10. The second-order valence-electron chi connectivity index (χ2n) is 6.52. The van der Waals surface area contributed by atoms with Crippen molar-refractivity contribution in [2.24, 2.45) is 0 Å². The number of aromatic nitrogens is 1. The fourth-order valence-corrected chi connectivity index (χ4v) is 3.10. The summed E-state index contributed by atoms with van der Waals surface area (Å²) in [5.74, 6) is 0.0875. The molecule has 0 N–H and O–H groups in total. The van der Waals surface area contributed by atoms with Gasteiger partial charge in [-0.05, 0) is 29.7 Å². The number of alkyl halides is 3. The maximum atomic E-state index is 12.8. The molecule has 0 radical (unpaired) electrons. The van der Waals surface area contributed by atoms with Gasteiger partial charge in [-0.25, -0.2) is 0 Å². The number of nitrogens with zero attached hydrogens (tertiary/aromatic N) is 2. The largest absolute Gasteiger partial charge is 0.416 e. The van der Waals surface area contributed by atoms with E-state index in [0.717, 1.165) is 23.4 Å². The van der Waals surface area contributed by atoms with E-state index < -0.39 is 11.7 Å². The number of pyridine rings is 1. The number of ether oxygens (including phenoxy) is 1. The first-order valence-corrected chi connectivity index (χ1v) is 8.87. The number of carbonyl (C=O) groups is 1. The van der Waals surface area contributed by atoms with Crippen molar-refractivity contribution in [3.63, 3.8) is 0 Å². The van der Waals surface area contributed by atoms with Gasteiger partial charge in [-0.3, -0.25) is 9.78 Å². The third kappa shape index (κ3) is 4.86. The van der Waals surface area contributed by atoms with Gasteiger partial charge in [0.2, 0.25) is 5.91 Å². The van der Waals surface area contributed by atoms with Crippen molar-refractivity contribution in [2.45, 2.75) is 32.0 Å². The van der Waals surface area contributed by atoms with Crippen LogP contribution in [-0.2, 0) is 22.1 Å². The number of hydrogen-bond acceptors (Lipinski definition) is 3. The molecule has 144 valence electrons. The average molecular weight is 378 g/mol. The first-order valence-electron chi connectivity index (χ1n) is 8.87. The lowest BCUT2D eigenvalue weighted by Crippen LogP contribution is -2.42. The van der Waals surface area contributed by atoms with Gasteiger partial charge >= 0.3 is 6.18 Å². The van der Waals surface area contributed by atoms with Gasteiger partial charge < -0.3 is 9.64 Å². The van der Waals surface area contributed by atoms with Crippen LogP contribution in [0.1, 0.15) is 41.8 Å². The van der Waals surface area contributed by atoms with Crippen LogP contribution in [0.2, 0.25) is 0 Å².